The van der Waals surface area contributed by atoms with Gasteiger partial charge < -0.3 is 5.11 Å². The Bertz CT molecular complexity index is 620. The van der Waals surface area contributed by atoms with E-state index in [1.807, 2.05) is 6.92 Å². The molecule has 0 aromatic rings. The minimum Gasteiger partial charge on any atom is -0.393 e. The second-order valence-corrected chi connectivity index (χ2v) is 10.5. The molecule has 0 heterocycles. The molecular weight excluding hydrogens is 308 g/mol. The summed E-state index contributed by atoms with van der Waals surface area (Å²) in [6.45, 7) is 11.4. The molecule has 2 nitrogen and oxygen atoms in total. The van der Waals surface area contributed by atoms with Crippen molar-refractivity contribution >= 4 is 5.78 Å². The van der Waals surface area contributed by atoms with Crippen LogP contribution in [0.1, 0.15) is 79.6 Å². The summed E-state index contributed by atoms with van der Waals surface area (Å²) in [5.41, 5.74) is 3.66. The molecule has 3 fully saturated rings. The fourth-order valence-corrected chi connectivity index (χ4v) is 8.33. The molecule has 0 aliphatic heterocycles. The molecular formula is C23H36O2. The summed E-state index contributed by atoms with van der Waals surface area (Å²) < 4.78 is 0. The molecule has 140 valence electrons. The first-order valence-electron chi connectivity index (χ1n) is 10.6. The van der Waals surface area contributed by atoms with Gasteiger partial charge in [0.25, 0.3) is 0 Å². The molecule has 1 N–H and O–H groups in total. The highest BCUT2D eigenvalue weighted by molar-refractivity contribution is 5.80. The predicted octanol–water partition coefficient (Wildman–Crippen LogP) is 5.15. The molecule has 3 saturated carbocycles. The number of rotatable bonds is 1. The van der Waals surface area contributed by atoms with Gasteiger partial charge >= 0.3 is 0 Å². The average molecular weight is 345 g/mol. The number of carbonyl (C=O) groups excluding carboxylic acids is 1. The molecule has 8 atom stereocenters. The van der Waals surface area contributed by atoms with E-state index in [0.29, 0.717) is 23.0 Å². The van der Waals surface area contributed by atoms with E-state index >= 15 is 0 Å². The molecule has 0 bridgehead atoms. The summed E-state index contributed by atoms with van der Waals surface area (Å²) >= 11 is 0. The first kappa shape index (κ1) is 17.8. The van der Waals surface area contributed by atoms with Crippen molar-refractivity contribution in [1.82, 2.24) is 0 Å². The third-order valence-electron chi connectivity index (χ3n) is 9.22. The van der Waals surface area contributed by atoms with Gasteiger partial charge in [-0.2, -0.15) is 0 Å². The number of hydrogen-bond acceptors (Lipinski definition) is 2. The highest BCUT2D eigenvalue weighted by atomic mass is 16.3. The summed E-state index contributed by atoms with van der Waals surface area (Å²) in [5.74, 6) is 3.44. The Morgan fingerprint density at radius 2 is 1.84 bits per heavy atom. The minimum atomic E-state index is -0.128. The van der Waals surface area contributed by atoms with Gasteiger partial charge in [-0.15, -0.1) is 0 Å². The fraction of sp³-hybridized carbons (Fsp3) is 0.870. The van der Waals surface area contributed by atoms with Crippen molar-refractivity contribution in [2.45, 2.75) is 85.7 Å². The first-order chi connectivity index (χ1) is 11.7. The fourth-order valence-electron chi connectivity index (χ4n) is 8.33. The second-order valence-electron chi connectivity index (χ2n) is 10.5. The van der Waals surface area contributed by atoms with E-state index in [1.165, 1.54) is 25.7 Å². The highest BCUT2D eigenvalue weighted by Crippen LogP contribution is 2.68. The Morgan fingerprint density at radius 3 is 2.52 bits per heavy atom. The van der Waals surface area contributed by atoms with E-state index < -0.39 is 0 Å². The zero-order valence-corrected chi connectivity index (χ0v) is 16.8. The Hall–Kier alpha value is -0.630. The number of carbonyl (C=O) groups is 1. The van der Waals surface area contributed by atoms with Crippen molar-refractivity contribution in [1.29, 1.82) is 0 Å². The average Bonchev–Trinajstić information content (AvgIpc) is 2.80. The first-order valence-corrected chi connectivity index (χ1v) is 10.6. The van der Waals surface area contributed by atoms with Crippen LogP contribution in [0.5, 0.6) is 0 Å². The number of fused-ring (bicyclic) bond motifs is 5. The SMILES string of the molecule is CC(=O)[C@H]1[C@H](C)C[C@H]2[C@@H]3CC(C)=C4CC(O)CC[C@]4(C)[C@H]3CC[C@@]21C. The van der Waals surface area contributed by atoms with Gasteiger partial charge in [0, 0.05) is 5.92 Å². The molecule has 4 aliphatic carbocycles. The summed E-state index contributed by atoms with van der Waals surface area (Å²) in [4.78, 5) is 12.4. The summed E-state index contributed by atoms with van der Waals surface area (Å²) in [5, 5.41) is 10.2. The van der Waals surface area contributed by atoms with Gasteiger partial charge in [-0.3, -0.25) is 4.79 Å². The van der Waals surface area contributed by atoms with Crippen molar-refractivity contribution in [3.8, 4) is 0 Å². The van der Waals surface area contributed by atoms with Crippen molar-refractivity contribution in [3.63, 3.8) is 0 Å². The van der Waals surface area contributed by atoms with Crippen LogP contribution >= 0.6 is 0 Å². The van der Waals surface area contributed by atoms with Crippen LogP contribution in [0.15, 0.2) is 11.1 Å². The molecule has 25 heavy (non-hydrogen) atoms. The smallest absolute Gasteiger partial charge is 0.133 e. The van der Waals surface area contributed by atoms with Gasteiger partial charge in [-0.05, 0) is 93.3 Å². The topological polar surface area (TPSA) is 37.3 Å². The molecule has 0 spiro atoms. The molecule has 0 aromatic carbocycles. The normalized spacial score (nSPS) is 52.4. The second kappa shape index (κ2) is 5.68. The molecule has 0 aromatic heterocycles. The van der Waals surface area contributed by atoms with E-state index in [1.54, 1.807) is 11.1 Å². The Morgan fingerprint density at radius 1 is 1.12 bits per heavy atom. The predicted molar refractivity (Wildman–Crippen MR) is 101 cm³/mol. The van der Waals surface area contributed by atoms with Crippen LogP contribution in [-0.2, 0) is 4.79 Å². The maximum Gasteiger partial charge on any atom is 0.133 e. The summed E-state index contributed by atoms with van der Waals surface area (Å²) in [6.07, 6.45) is 7.83. The Balaban J connectivity index is 1.73. The van der Waals surface area contributed by atoms with Gasteiger partial charge in [0.1, 0.15) is 5.78 Å². The van der Waals surface area contributed by atoms with Gasteiger partial charge in [-0.1, -0.05) is 31.9 Å². The van der Waals surface area contributed by atoms with Crippen LogP contribution in [0.4, 0.5) is 0 Å². The zero-order valence-electron chi connectivity index (χ0n) is 16.8. The van der Waals surface area contributed by atoms with Crippen LogP contribution < -0.4 is 0 Å². The Labute approximate surface area is 153 Å². The maximum atomic E-state index is 12.4. The van der Waals surface area contributed by atoms with Gasteiger partial charge in [-0.25, -0.2) is 0 Å². The molecule has 1 unspecified atom stereocenters. The van der Waals surface area contributed by atoms with Gasteiger partial charge in [0.15, 0.2) is 0 Å². The van der Waals surface area contributed by atoms with Crippen LogP contribution in [-0.4, -0.2) is 17.0 Å². The lowest BCUT2D eigenvalue weighted by atomic mass is 9.46. The van der Waals surface area contributed by atoms with Crippen LogP contribution in [0, 0.1) is 40.4 Å². The lowest BCUT2D eigenvalue weighted by molar-refractivity contribution is -0.128. The van der Waals surface area contributed by atoms with Crippen molar-refractivity contribution in [2.75, 3.05) is 0 Å². The zero-order chi connectivity index (χ0) is 18.1. The standard InChI is InChI=1S/C23H36O2/c1-13-10-17-18(22(4)8-6-16(25)12-19(13)22)7-9-23(5)20(17)11-14(2)21(23)15(3)24/h14,16-18,20-21,25H,6-12H2,1-5H3/t14-,16?,17-,18+,20+,21-,22-,23+/m1/s1. The number of aliphatic hydroxyl groups is 1. The maximum absolute atomic E-state index is 12.4. The van der Waals surface area contributed by atoms with Gasteiger partial charge in [0.05, 0.1) is 6.10 Å². The van der Waals surface area contributed by atoms with Crippen molar-refractivity contribution in [2.24, 2.45) is 40.4 Å². The summed E-state index contributed by atoms with van der Waals surface area (Å²) in [7, 11) is 0. The largest absolute Gasteiger partial charge is 0.393 e. The third-order valence-corrected chi connectivity index (χ3v) is 9.22. The number of aliphatic hydroxyl groups excluding tert-OH is 1. The molecule has 2 heteroatoms. The summed E-state index contributed by atoms with van der Waals surface area (Å²) in [6, 6.07) is 0. The number of hydrogen-bond donors (Lipinski definition) is 1. The molecule has 4 rings (SSSR count). The van der Waals surface area contributed by atoms with E-state index in [0.717, 1.165) is 31.1 Å². The molecule has 0 saturated heterocycles. The monoisotopic (exact) mass is 344 g/mol. The highest BCUT2D eigenvalue weighted by Gasteiger charge is 2.61. The lowest BCUT2D eigenvalue weighted by Gasteiger charge is -2.58. The van der Waals surface area contributed by atoms with Gasteiger partial charge in [0.2, 0.25) is 0 Å². The van der Waals surface area contributed by atoms with E-state index in [4.69, 9.17) is 0 Å². The van der Waals surface area contributed by atoms with Crippen molar-refractivity contribution < 1.29 is 9.90 Å². The quantitative estimate of drug-likeness (QED) is 0.668. The van der Waals surface area contributed by atoms with E-state index in [-0.39, 0.29) is 17.4 Å². The van der Waals surface area contributed by atoms with Crippen LogP contribution in [0.2, 0.25) is 0 Å². The third kappa shape index (κ3) is 2.35. The minimum absolute atomic E-state index is 0.128. The number of allylic oxidation sites excluding steroid dienone is 1. The Kier molecular flexibility index (Phi) is 4.04. The van der Waals surface area contributed by atoms with E-state index in [9.17, 15) is 9.90 Å². The molecule has 0 amide bonds. The van der Waals surface area contributed by atoms with Crippen molar-refractivity contribution in [3.05, 3.63) is 11.1 Å². The number of ketones is 1. The molecule has 4 aliphatic rings. The van der Waals surface area contributed by atoms with E-state index in [2.05, 4.69) is 27.7 Å². The number of Topliss-reactive ketones (excluding diaryl/α,β-unsaturated/α-hetero) is 1. The lowest BCUT2D eigenvalue weighted by Crippen LogP contribution is -2.51. The van der Waals surface area contributed by atoms with Crippen LogP contribution in [0.25, 0.3) is 0 Å². The van der Waals surface area contributed by atoms with Crippen LogP contribution in [0.3, 0.4) is 0 Å². The molecule has 0 radical (unpaired) electrons.